The van der Waals surface area contributed by atoms with Gasteiger partial charge in [0.25, 0.3) is 0 Å². The Morgan fingerprint density at radius 3 is 2.39 bits per heavy atom. The zero-order chi connectivity index (χ0) is 26.5. The number of aromatic nitrogens is 2. The quantitative estimate of drug-likeness (QED) is 0.322. The molecule has 196 valence electrons. The van der Waals surface area contributed by atoms with Crippen LogP contribution in [0.15, 0.2) is 84.9 Å². The molecule has 38 heavy (non-hydrogen) atoms. The van der Waals surface area contributed by atoms with Gasteiger partial charge >= 0.3 is 6.03 Å². The van der Waals surface area contributed by atoms with Crippen LogP contribution in [0.3, 0.4) is 0 Å². The largest absolute Gasteiger partial charge is 0.494 e. The van der Waals surface area contributed by atoms with E-state index in [9.17, 15) is 4.79 Å². The van der Waals surface area contributed by atoms with Crippen LogP contribution in [0.25, 0.3) is 5.69 Å². The Kier molecular flexibility index (Phi) is 7.75. The molecule has 1 aliphatic rings. The average Bonchev–Trinajstić information content (AvgIpc) is 3.30. The van der Waals surface area contributed by atoms with Gasteiger partial charge in [0.1, 0.15) is 11.4 Å². The number of rotatable bonds is 8. The zero-order valence-electron chi connectivity index (χ0n) is 22.3. The maximum absolute atomic E-state index is 13.4. The van der Waals surface area contributed by atoms with Crippen LogP contribution in [0.2, 0.25) is 0 Å². The number of carbonyl (C=O) groups is 1. The van der Waals surface area contributed by atoms with E-state index >= 15 is 0 Å². The van der Waals surface area contributed by atoms with Crippen molar-refractivity contribution < 1.29 is 9.53 Å². The number of benzene rings is 3. The van der Waals surface area contributed by atoms with Gasteiger partial charge in [-0.3, -0.25) is 4.90 Å². The van der Waals surface area contributed by atoms with Crippen LogP contribution in [0.4, 0.5) is 10.5 Å². The lowest BCUT2D eigenvalue weighted by molar-refractivity contribution is 0.191. The summed E-state index contributed by atoms with van der Waals surface area (Å²) >= 11 is 0. The summed E-state index contributed by atoms with van der Waals surface area (Å²) in [6.45, 7) is 7.08. The van der Waals surface area contributed by atoms with Crippen LogP contribution >= 0.6 is 0 Å². The van der Waals surface area contributed by atoms with Crippen LogP contribution in [-0.2, 0) is 26.1 Å². The van der Waals surface area contributed by atoms with Crippen molar-refractivity contribution in [3.63, 3.8) is 0 Å². The Balaban J connectivity index is 1.48. The summed E-state index contributed by atoms with van der Waals surface area (Å²) in [6, 6.07) is 28.0. The number of urea groups is 1. The second-order valence-corrected chi connectivity index (χ2v) is 9.92. The maximum atomic E-state index is 13.4. The van der Waals surface area contributed by atoms with Gasteiger partial charge < -0.3 is 15.0 Å². The SMILES string of the molecule is COc1ccccc1-n1nc(CN(C(=O)Nc2ccccc2)C(C)C)c2c1CCN(Cc1ccccc1)C2. The normalized spacial score (nSPS) is 13.3. The number of nitrogens with zero attached hydrogens (tertiary/aromatic N) is 4. The van der Waals surface area contributed by atoms with Gasteiger partial charge in [-0.05, 0) is 43.7 Å². The second kappa shape index (κ2) is 11.5. The molecule has 1 aliphatic heterocycles. The number of ether oxygens (including phenoxy) is 1. The summed E-state index contributed by atoms with van der Waals surface area (Å²) in [5.41, 5.74) is 6.27. The minimum absolute atomic E-state index is 0.00483. The number of para-hydroxylation sites is 3. The number of fused-ring (bicyclic) bond motifs is 1. The molecule has 0 radical (unpaired) electrons. The van der Waals surface area contributed by atoms with E-state index in [0.29, 0.717) is 6.54 Å². The van der Waals surface area contributed by atoms with Crippen molar-refractivity contribution in [3.8, 4) is 11.4 Å². The summed E-state index contributed by atoms with van der Waals surface area (Å²) in [7, 11) is 1.69. The first-order valence-corrected chi connectivity index (χ1v) is 13.2. The van der Waals surface area contributed by atoms with Crippen molar-refractivity contribution in [3.05, 3.63) is 107 Å². The molecule has 3 aromatic carbocycles. The first kappa shape index (κ1) is 25.5. The Labute approximate surface area is 224 Å². The van der Waals surface area contributed by atoms with Crippen molar-refractivity contribution in [2.45, 2.75) is 45.9 Å². The number of amides is 2. The minimum atomic E-state index is -0.135. The zero-order valence-corrected chi connectivity index (χ0v) is 22.3. The molecule has 7 heteroatoms. The van der Waals surface area contributed by atoms with Gasteiger partial charge in [-0.25, -0.2) is 9.48 Å². The highest BCUT2D eigenvalue weighted by Gasteiger charge is 2.29. The highest BCUT2D eigenvalue weighted by atomic mass is 16.5. The molecule has 0 aliphatic carbocycles. The first-order valence-electron chi connectivity index (χ1n) is 13.2. The lowest BCUT2D eigenvalue weighted by Gasteiger charge is -2.29. The van der Waals surface area contributed by atoms with Crippen molar-refractivity contribution >= 4 is 11.7 Å². The van der Waals surface area contributed by atoms with Gasteiger partial charge in [0.05, 0.1) is 25.0 Å². The molecule has 2 heterocycles. The van der Waals surface area contributed by atoms with E-state index in [2.05, 4.69) is 34.5 Å². The van der Waals surface area contributed by atoms with Gasteiger partial charge in [0.15, 0.2) is 0 Å². The molecule has 0 fully saturated rings. The Morgan fingerprint density at radius 1 is 1.00 bits per heavy atom. The van der Waals surface area contributed by atoms with Crippen molar-refractivity contribution in [1.29, 1.82) is 0 Å². The molecule has 1 aromatic heterocycles. The van der Waals surface area contributed by atoms with E-state index < -0.39 is 0 Å². The van der Waals surface area contributed by atoms with Crippen LogP contribution in [-0.4, -0.2) is 45.3 Å². The van der Waals surface area contributed by atoms with Crippen LogP contribution in [0.1, 0.15) is 36.4 Å². The molecular formula is C31H35N5O2. The average molecular weight is 510 g/mol. The minimum Gasteiger partial charge on any atom is -0.494 e. The third kappa shape index (κ3) is 5.58. The molecule has 5 rings (SSSR count). The lowest BCUT2D eigenvalue weighted by atomic mass is 10.0. The molecular weight excluding hydrogens is 474 g/mol. The van der Waals surface area contributed by atoms with Gasteiger partial charge in [0, 0.05) is 43.3 Å². The Morgan fingerprint density at radius 2 is 1.68 bits per heavy atom. The Hall–Kier alpha value is -4.10. The molecule has 0 spiro atoms. The standard InChI is InChI=1S/C31H35N5O2/c1-23(2)35(31(37)32-25-14-8-5-9-15-25)22-27-26-21-34(20-24-12-6-4-7-13-24)19-18-28(26)36(33-27)29-16-10-11-17-30(29)38-3/h4-17,23H,18-22H2,1-3H3,(H,32,37). The topological polar surface area (TPSA) is 62.6 Å². The molecule has 0 saturated carbocycles. The second-order valence-electron chi connectivity index (χ2n) is 9.92. The first-order chi connectivity index (χ1) is 18.5. The predicted molar refractivity (Wildman–Crippen MR) is 151 cm³/mol. The molecule has 1 N–H and O–H groups in total. The maximum Gasteiger partial charge on any atom is 0.322 e. The third-order valence-corrected chi connectivity index (χ3v) is 7.01. The number of hydrogen-bond acceptors (Lipinski definition) is 4. The highest BCUT2D eigenvalue weighted by Crippen LogP contribution is 2.31. The summed E-state index contributed by atoms with van der Waals surface area (Å²) < 4.78 is 7.70. The van der Waals surface area contributed by atoms with Gasteiger partial charge in [-0.15, -0.1) is 0 Å². The van der Waals surface area contributed by atoms with Gasteiger partial charge in [-0.2, -0.15) is 5.10 Å². The number of methoxy groups -OCH3 is 1. The molecule has 2 amide bonds. The van der Waals surface area contributed by atoms with E-state index in [-0.39, 0.29) is 12.1 Å². The number of carbonyl (C=O) groups excluding carboxylic acids is 1. The van der Waals surface area contributed by atoms with Crippen LogP contribution in [0, 0.1) is 0 Å². The van der Waals surface area contributed by atoms with Gasteiger partial charge in [0.2, 0.25) is 0 Å². The fourth-order valence-corrected chi connectivity index (χ4v) is 5.02. The van der Waals surface area contributed by atoms with E-state index in [1.54, 1.807) is 7.11 Å². The molecule has 0 bridgehead atoms. The molecule has 7 nitrogen and oxygen atoms in total. The molecule has 0 unspecified atom stereocenters. The lowest BCUT2D eigenvalue weighted by Crippen LogP contribution is -2.40. The number of nitrogens with one attached hydrogen (secondary N) is 1. The summed E-state index contributed by atoms with van der Waals surface area (Å²) in [5, 5.41) is 8.16. The van der Waals surface area contributed by atoms with E-state index in [4.69, 9.17) is 9.84 Å². The van der Waals surface area contributed by atoms with Crippen LogP contribution < -0.4 is 10.1 Å². The van der Waals surface area contributed by atoms with Crippen molar-refractivity contribution in [2.24, 2.45) is 0 Å². The number of hydrogen-bond donors (Lipinski definition) is 1. The smallest absolute Gasteiger partial charge is 0.322 e. The number of anilines is 1. The van der Waals surface area contributed by atoms with Gasteiger partial charge in [-0.1, -0.05) is 60.7 Å². The van der Waals surface area contributed by atoms with Crippen molar-refractivity contribution in [1.82, 2.24) is 19.6 Å². The molecule has 0 atom stereocenters. The highest BCUT2D eigenvalue weighted by molar-refractivity contribution is 5.89. The molecule has 0 saturated heterocycles. The predicted octanol–water partition coefficient (Wildman–Crippen LogP) is 5.88. The third-order valence-electron chi connectivity index (χ3n) is 7.01. The summed E-state index contributed by atoms with van der Waals surface area (Å²) in [5.74, 6) is 0.776. The fourth-order valence-electron chi connectivity index (χ4n) is 5.02. The van der Waals surface area contributed by atoms with Crippen molar-refractivity contribution in [2.75, 3.05) is 19.0 Å². The summed E-state index contributed by atoms with van der Waals surface area (Å²) in [6.07, 6.45) is 0.866. The molecule has 4 aromatic rings. The Bertz CT molecular complexity index is 1370. The fraction of sp³-hybridized carbons (Fsp3) is 0.290. The van der Waals surface area contributed by atoms with E-state index in [0.717, 1.165) is 48.9 Å². The van der Waals surface area contributed by atoms with E-state index in [1.807, 2.05) is 84.1 Å². The monoisotopic (exact) mass is 509 g/mol. The van der Waals surface area contributed by atoms with Crippen LogP contribution in [0.5, 0.6) is 5.75 Å². The summed E-state index contributed by atoms with van der Waals surface area (Å²) in [4.78, 5) is 17.7. The van der Waals surface area contributed by atoms with E-state index in [1.165, 1.54) is 16.8 Å².